The summed E-state index contributed by atoms with van der Waals surface area (Å²) in [4.78, 5) is 35.9. The average Bonchev–Trinajstić information content (AvgIpc) is 2.33. The highest BCUT2D eigenvalue weighted by atomic mass is 16.2. The summed E-state index contributed by atoms with van der Waals surface area (Å²) in [7, 11) is 0. The third-order valence-electron chi connectivity index (χ3n) is 2.64. The lowest BCUT2D eigenvalue weighted by atomic mass is 10.1. The number of nitrogens with one attached hydrogen (secondary N) is 3. The molecule has 0 bridgehead atoms. The fourth-order valence-corrected chi connectivity index (χ4v) is 1.61. The normalized spacial score (nSPS) is 9.79. The van der Waals surface area contributed by atoms with Crippen LogP contribution in [0.25, 0.3) is 0 Å². The predicted octanol–water partition coefficient (Wildman–Crippen LogP) is 1.90. The largest absolute Gasteiger partial charge is 0.330 e. The Labute approximate surface area is 112 Å². The topological polar surface area (TPSA) is 98.6 Å². The fourth-order valence-electron chi connectivity index (χ4n) is 1.61. The van der Waals surface area contributed by atoms with Gasteiger partial charge in [0.05, 0.1) is 0 Å². The molecule has 0 unspecified atom stereocenters. The summed E-state index contributed by atoms with van der Waals surface area (Å²) in [5.74, 6) is 0. The van der Waals surface area contributed by atoms with Crippen LogP contribution in [-0.2, 0) is 0 Å². The molecule has 19 heavy (non-hydrogen) atoms. The van der Waals surface area contributed by atoms with Crippen LogP contribution in [-0.4, -0.2) is 15.0 Å². The Morgan fingerprint density at radius 1 is 0.579 bits per heavy atom. The molecule has 110 valence electrons. The summed E-state index contributed by atoms with van der Waals surface area (Å²) >= 11 is 0. The molecule has 0 amide bonds. The molecular formula is C13H25N3O3. The number of aromatic nitrogens is 3. The molecule has 0 radical (unpaired) electrons. The molecule has 0 aromatic carbocycles. The minimum atomic E-state index is -0.802. The van der Waals surface area contributed by atoms with Crippen LogP contribution in [0.1, 0.15) is 65.2 Å². The van der Waals surface area contributed by atoms with Crippen molar-refractivity contribution in [1.82, 2.24) is 15.0 Å². The van der Waals surface area contributed by atoms with Gasteiger partial charge in [0, 0.05) is 0 Å². The Kier molecular flexibility index (Phi) is 10.5. The van der Waals surface area contributed by atoms with Gasteiger partial charge in [-0.15, -0.1) is 0 Å². The van der Waals surface area contributed by atoms with E-state index in [1.54, 1.807) is 15.0 Å². The molecule has 6 heteroatoms. The lowest BCUT2D eigenvalue weighted by Gasteiger charge is -1.97. The van der Waals surface area contributed by atoms with E-state index in [1.807, 2.05) is 0 Å². The first-order chi connectivity index (χ1) is 9.10. The number of aromatic amines is 3. The number of hydrogen-bond donors (Lipinski definition) is 3. The van der Waals surface area contributed by atoms with Crippen LogP contribution in [0, 0.1) is 0 Å². The van der Waals surface area contributed by atoms with Gasteiger partial charge in [-0.1, -0.05) is 65.2 Å². The molecule has 0 fully saturated rings. The monoisotopic (exact) mass is 271 g/mol. The number of H-pyrrole nitrogens is 3. The van der Waals surface area contributed by atoms with E-state index in [4.69, 9.17) is 0 Å². The van der Waals surface area contributed by atoms with E-state index in [1.165, 1.54) is 51.4 Å². The van der Waals surface area contributed by atoms with Gasteiger partial charge in [-0.25, -0.2) is 14.4 Å². The zero-order chi connectivity index (χ0) is 14.5. The minimum Gasteiger partial charge on any atom is -0.259 e. The first-order valence-corrected chi connectivity index (χ1v) is 7.03. The Morgan fingerprint density at radius 2 is 0.842 bits per heavy atom. The maximum absolute atomic E-state index is 10.2. The van der Waals surface area contributed by atoms with Crippen LogP contribution in [0.5, 0.6) is 0 Å². The Balaban J connectivity index is 0.000000342. The second-order valence-electron chi connectivity index (χ2n) is 4.48. The van der Waals surface area contributed by atoms with Crippen LogP contribution in [0.2, 0.25) is 0 Å². The van der Waals surface area contributed by atoms with Crippen LogP contribution in [0.3, 0.4) is 0 Å². The average molecular weight is 271 g/mol. The molecule has 0 saturated carbocycles. The maximum Gasteiger partial charge on any atom is 0.330 e. The summed E-state index contributed by atoms with van der Waals surface area (Å²) in [5, 5.41) is 0. The summed E-state index contributed by atoms with van der Waals surface area (Å²) < 4.78 is 0. The summed E-state index contributed by atoms with van der Waals surface area (Å²) in [6, 6.07) is 0. The van der Waals surface area contributed by atoms with Crippen LogP contribution < -0.4 is 17.1 Å². The van der Waals surface area contributed by atoms with Gasteiger partial charge in [0.2, 0.25) is 0 Å². The quantitative estimate of drug-likeness (QED) is 0.660. The second kappa shape index (κ2) is 11.5. The zero-order valence-electron chi connectivity index (χ0n) is 11.9. The van der Waals surface area contributed by atoms with Gasteiger partial charge in [0.25, 0.3) is 0 Å². The van der Waals surface area contributed by atoms with Crippen molar-refractivity contribution in [3.8, 4) is 0 Å². The SMILES string of the molecule is CCCCCCCCCC.O=c1[nH]c(=O)[nH]c(=O)[nH]1. The zero-order valence-corrected chi connectivity index (χ0v) is 11.9. The van der Waals surface area contributed by atoms with Crippen molar-refractivity contribution in [3.05, 3.63) is 31.5 Å². The van der Waals surface area contributed by atoms with E-state index >= 15 is 0 Å². The van der Waals surface area contributed by atoms with Gasteiger partial charge in [-0.05, 0) is 0 Å². The Hall–Kier alpha value is -1.59. The van der Waals surface area contributed by atoms with Crippen molar-refractivity contribution in [2.24, 2.45) is 0 Å². The second-order valence-corrected chi connectivity index (χ2v) is 4.48. The van der Waals surface area contributed by atoms with Crippen LogP contribution in [0.4, 0.5) is 0 Å². The summed E-state index contributed by atoms with van der Waals surface area (Å²) in [6.07, 6.45) is 11.5. The standard InChI is InChI=1S/C10H22.C3H3N3O3/c1-3-5-7-9-10-8-6-4-2;7-1-4-2(8)6-3(9)5-1/h3-10H2,1-2H3;(H3,4,5,6,7,8,9). The van der Waals surface area contributed by atoms with Crippen molar-refractivity contribution in [2.45, 2.75) is 65.2 Å². The lowest BCUT2D eigenvalue weighted by Crippen LogP contribution is -2.34. The van der Waals surface area contributed by atoms with Crippen molar-refractivity contribution in [2.75, 3.05) is 0 Å². The minimum absolute atomic E-state index is 0.802. The van der Waals surface area contributed by atoms with E-state index in [9.17, 15) is 14.4 Å². The predicted molar refractivity (Wildman–Crippen MR) is 76.6 cm³/mol. The Bertz CT molecular complexity index is 386. The molecule has 1 aromatic heterocycles. The molecule has 1 aromatic rings. The molecule has 0 aliphatic rings. The van der Waals surface area contributed by atoms with Crippen LogP contribution >= 0.6 is 0 Å². The van der Waals surface area contributed by atoms with Gasteiger partial charge < -0.3 is 0 Å². The third kappa shape index (κ3) is 11.2. The molecular weight excluding hydrogens is 246 g/mol. The lowest BCUT2D eigenvalue weighted by molar-refractivity contribution is 0.585. The third-order valence-corrected chi connectivity index (χ3v) is 2.64. The van der Waals surface area contributed by atoms with Gasteiger partial charge in [0.15, 0.2) is 0 Å². The van der Waals surface area contributed by atoms with Gasteiger partial charge in [-0.2, -0.15) is 0 Å². The maximum atomic E-state index is 10.2. The molecule has 3 N–H and O–H groups in total. The highest BCUT2D eigenvalue weighted by Crippen LogP contribution is 2.07. The smallest absolute Gasteiger partial charge is 0.259 e. The first-order valence-electron chi connectivity index (χ1n) is 7.03. The van der Waals surface area contributed by atoms with Gasteiger partial charge in [0.1, 0.15) is 0 Å². The fraction of sp³-hybridized carbons (Fsp3) is 0.769. The number of rotatable bonds is 7. The first kappa shape index (κ1) is 17.4. The molecule has 0 atom stereocenters. The molecule has 6 nitrogen and oxygen atoms in total. The Morgan fingerprint density at radius 3 is 1.11 bits per heavy atom. The van der Waals surface area contributed by atoms with E-state index in [0.29, 0.717) is 0 Å². The van der Waals surface area contributed by atoms with Crippen molar-refractivity contribution in [1.29, 1.82) is 0 Å². The van der Waals surface area contributed by atoms with Crippen LogP contribution in [0.15, 0.2) is 14.4 Å². The molecule has 1 rings (SSSR count). The van der Waals surface area contributed by atoms with E-state index in [-0.39, 0.29) is 0 Å². The van der Waals surface area contributed by atoms with Gasteiger partial charge >= 0.3 is 17.1 Å². The molecule has 1 heterocycles. The highest BCUT2D eigenvalue weighted by molar-refractivity contribution is 4.60. The number of unbranched alkanes of at least 4 members (excludes halogenated alkanes) is 7. The van der Waals surface area contributed by atoms with Crippen molar-refractivity contribution < 1.29 is 0 Å². The van der Waals surface area contributed by atoms with E-state index in [0.717, 1.165) is 0 Å². The van der Waals surface area contributed by atoms with Crippen molar-refractivity contribution in [3.63, 3.8) is 0 Å². The van der Waals surface area contributed by atoms with Gasteiger partial charge in [-0.3, -0.25) is 15.0 Å². The molecule has 0 aliphatic heterocycles. The van der Waals surface area contributed by atoms with E-state index < -0.39 is 17.1 Å². The molecule has 0 saturated heterocycles. The summed E-state index contributed by atoms with van der Waals surface area (Å²) in [5.41, 5.74) is -2.41. The van der Waals surface area contributed by atoms with Crippen molar-refractivity contribution >= 4 is 0 Å². The molecule has 0 spiro atoms. The molecule has 0 aliphatic carbocycles. The number of hydrogen-bond acceptors (Lipinski definition) is 3. The summed E-state index contributed by atoms with van der Waals surface area (Å²) in [6.45, 7) is 4.54. The van der Waals surface area contributed by atoms with E-state index in [2.05, 4.69) is 13.8 Å². The highest BCUT2D eigenvalue weighted by Gasteiger charge is 1.87.